The maximum atomic E-state index is 12.7. The number of carbonyl (C=O) groups excluding carboxylic acids is 6. The predicted octanol–water partition coefficient (Wildman–Crippen LogP) is 7.13. The topological polar surface area (TPSA) is 158 Å². The van der Waals surface area contributed by atoms with Gasteiger partial charge in [-0.1, -0.05) is 39.5 Å². The van der Waals surface area contributed by atoms with Crippen molar-refractivity contribution in [3.8, 4) is 56.8 Å². The Bertz CT molecular complexity index is 1950. The second-order valence-corrected chi connectivity index (χ2v) is 11.1. The quantitative estimate of drug-likeness (QED) is 0.0950. The lowest BCUT2D eigenvalue weighted by atomic mass is 9.96. The summed E-state index contributed by atoms with van der Waals surface area (Å²) in [7, 11) is 0. The van der Waals surface area contributed by atoms with E-state index in [-0.39, 0.29) is 79.0 Å². The van der Waals surface area contributed by atoms with Crippen LogP contribution in [0.4, 0.5) is 0 Å². The molecule has 0 aromatic heterocycles. The van der Waals surface area contributed by atoms with Crippen LogP contribution in [0.1, 0.15) is 27.7 Å². The SMILES string of the molecule is C=CC(=O)Oc1cc(-c2ccc(OC(=O)C(=C)C)cc2OC(=O)C(=C)C)c(OC(=O)C=C)cc1-c1ccc(OC(=O)C(=C)C)cc1OC(=O)C(=C)C. The largest absolute Gasteiger partial charge is 0.423 e. The van der Waals surface area contributed by atoms with Gasteiger partial charge in [0.05, 0.1) is 0 Å². The molecule has 0 aliphatic carbocycles. The average Bonchev–Trinajstić information content (AvgIpc) is 3.08. The summed E-state index contributed by atoms with van der Waals surface area (Å²) in [6, 6.07) is 10.6. The summed E-state index contributed by atoms with van der Waals surface area (Å²) >= 11 is 0. The lowest BCUT2D eigenvalue weighted by molar-refractivity contribution is -0.131. The zero-order chi connectivity index (χ0) is 38.9. The monoisotopic (exact) mass is 706 g/mol. The Kier molecular flexibility index (Phi) is 12.9. The molecule has 0 amide bonds. The molecule has 0 spiro atoms. The summed E-state index contributed by atoms with van der Waals surface area (Å²) in [5, 5.41) is 0. The Morgan fingerprint density at radius 1 is 0.423 bits per heavy atom. The Hall–Kier alpha value is -7.08. The highest BCUT2D eigenvalue weighted by Crippen LogP contribution is 2.47. The number of carbonyl (C=O) groups is 6. The van der Waals surface area contributed by atoms with E-state index in [4.69, 9.17) is 28.4 Å². The standard InChI is InChI=1S/C40H34O12/c1-11-35(41)49-33-19-30(28-16-14-26(48-38(44)22(5)6)18-32(28)52-40(46)24(9)10)34(50-36(42)12-2)20-29(33)27-15-13-25(47-37(43)21(3)4)17-31(27)51-39(45)23(7)8/h11-20H,1-3,5,7,9H2,4,6,8,10H3. The van der Waals surface area contributed by atoms with Crippen LogP contribution in [0.3, 0.4) is 0 Å². The fourth-order valence-corrected chi connectivity index (χ4v) is 3.96. The van der Waals surface area contributed by atoms with Gasteiger partial charge in [0.25, 0.3) is 0 Å². The van der Waals surface area contributed by atoms with Crippen molar-refractivity contribution in [1.29, 1.82) is 0 Å². The van der Waals surface area contributed by atoms with Crippen molar-refractivity contribution in [3.63, 3.8) is 0 Å². The highest BCUT2D eigenvalue weighted by molar-refractivity contribution is 5.96. The number of esters is 6. The maximum Gasteiger partial charge on any atom is 0.338 e. The Labute approximate surface area is 299 Å². The van der Waals surface area contributed by atoms with Gasteiger partial charge in [-0.3, -0.25) is 0 Å². The molecule has 0 bridgehead atoms. The van der Waals surface area contributed by atoms with Gasteiger partial charge in [-0.2, -0.15) is 0 Å². The molecule has 0 atom stereocenters. The molecule has 266 valence electrons. The van der Waals surface area contributed by atoms with Crippen molar-refractivity contribution in [2.24, 2.45) is 0 Å². The molecule has 12 nitrogen and oxygen atoms in total. The molecule has 0 unspecified atom stereocenters. The van der Waals surface area contributed by atoms with Gasteiger partial charge in [0.1, 0.15) is 34.5 Å². The van der Waals surface area contributed by atoms with Crippen LogP contribution < -0.4 is 28.4 Å². The zero-order valence-electron chi connectivity index (χ0n) is 28.9. The first-order chi connectivity index (χ1) is 24.4. The van der Waals surface area contributed by atoms with E-state index in [0.29, 0.717) is 0 Å². The molecule has 3 aromatic rings. The Morgan fingerprint density at radius 2 is 0.712 bits per heavy atom. The fourth-order valence-electron chi connectivity index (χ4n) is 3.96. The van der Waals surface area contributed by atoms with Crippen molar-refractivity contribution in [2.75, 3.05) is 0 Å². The molecular formula is C40H34O12. The summed E-state index contributed by atoms with van der Waals surface area (Å²) in [5.74, 6) is -5.81. The molecule has 3 rings (SSSR count). The number of rotatable bonds is 14. The minimum atomic E-state index is -0.911. The van der Waals surface area contributed by atoms with E-state index in [1.807, 2.05) is 0 Å². The molecule has 52 heavy (non-hydrogen) atoms. The van der Waals surface area contributed by atoms with E-state index in [1.165, 1.54) is 76.2 Å². The molecule has 0 saturated heterocycles. The van der Waals surface area contributed by atoms with Crippen LogP contribution in [-0.2, 0) is 28.8 Å². The first kappa shape index (κ1) is 39.4. The van der Waals surface area contributed by atoms with E-state index in [9.17, 15) is 28.8 Å². The van der Waals surface area contributed by atoms with Crippen LogP contribution in [0.2, 0.25) is 0 Å². The van der Waals surface area contributed by atoms with Gasteiger partial charge in [0, 0.05) is 68.8 Å². The van der Waals surface area contributed by atoms with Crippen molar-refractivity contribution in [1.82, 2.24) is 0 Å². The van der Waals surface area contributed by atoms with Crippen molar-refractivity contribution in [2.45, 2.75) is 27.7 Å². The molecule has 0 N–H and O–H groups in total. The molecule has 3 aromatic carbocycles. The first-order valence-electron chi connectivity index (χ1n) is 15.1. The number of ether oxygens (including phenoxy) is 6. The van der Waals surface area contributed by atoms with Crippen LogP contribution in [0, 0.1) is 0 Å². The minimum Gasteiger partial charge on any atom is -0.423 e. The maximum absolute atomic E-state index is 12.7. The molecule has 0 radical (unpaired) electrons. The highest BCUT2D eigenvalue weighted by Gasteiger charge is 2.25. The fraction of sp³-hybridized carbons (Fsp3) is 0.100. The smallest absolute Gasteiger partial charge is 0.338 e. The van der Waals surface area contributed by atoms with E-state index in [0.717, 1.165) is 12.2 Å². The Morgan fingerprint density at radius 3 is 1.00 bits per heavy atom. The molecule has 0 heterocycles. The van der Waals surface area contributed by atoms with E-state index < -0.39 is 35.8 Å². The van der Waals surface area contributed by atoms with Crippen molar-refractivity contribution >= 4 is 35.8 Å². The number of hydrogen-bond acceptors (Lipinski definition) is 12. The molecule has 12 heteroatoms. The van der Waals surface area contributed by atoms with E-state index in [1.54, 1.807) is 0 Å². The normalized spacial score (nSPS) is 10.1. The van der Waals surface area contributed by atoms with E-state index >= 15 is 0 Å². The first-order valence-corrected chi connectivity index (χ1v) is 15.1. The average molecular weight is 707 g/mol. The number of hydrogen-bond donors (Lipinski definition) is 0. The second-order valence-electron chi connectivity index (χ2n) is 11.1. The summed E-state index contributed by atoms with van der Waals surface area (Å²) in [5.41, 5.74) is 0.495. The van der Waals surface area contributed by atoms with Crippen LogP contribution in [0.15, 0.2) is 122 Å². The Balaban J connectivity index is 2.44. The molecule has 0 saturated carbocycles. The minimum absolute atomic E-state index is 0.0266. The van der Waals surface area contributed by atoms with Crippen LogP contribution in [-0.4, -0.2) is 35.8 Å². The van der Waals surface area contributed by atoms with Gasteiger partial charge in [-0.25, -0.2) is 28.8 Å². The van der Waals surface area contributed by atoms with Crippen molar-refractivity contribution < 1.29 is 57.2 Å². The lowest BCUT2D eigenvalue weighted by Gasteiger charge is -2.20. The van der Waals surface area contributed by atoms with Crippen LogP contribution in [0.5, 0.6) is 34.5 Å². The molecule has 0 aliphatic heterocycles. The third-order valence-electron chi connectivity index (χ3n) is 6.54. The summed E-state index contributed by atoms with van der Waals surface area (Å²) in [4.78, 5) is 75.3. The summed E-state index contributed by atoms with van der Waals surface area (Å²) < 4.78 is 33.1. The van der Waals surface area contributed by atoms with Crippen LogP contribution >= 0.6 is 0 Å². The lowest BCUT2D eigenvalue weighted by Crippen LogP contribution is -2.12. The van der Waals surface area contributed by atoms with Gasteiger partial charge in [-0.05, 0) is 64.1 Å². The van der Waals surface area contributed by atoms with Gasteiger partial charge in [-0.15, -0.1) is 0 Å². The number of benzene rings is 3. The molecule has 0 fully saturated rings. The third kappa shape index (κ3) is 9.98. The summed E-state index contributed by atoms with van der Waals surface area (Å²) in [6.07, 6.45) is 1.78. The highest BCUT2D eigenvalue weighted by atomic mass is 16.6. The predicted molar refractivity (Wildman–Crippen MR) is 191 cm³/mol. The van der Waals surface area contributed by atoms with Crippen LogP contribution in [0.25, 0.3) is 22.3 Å². The van der Waals surface area contributed by atoms with Gasteiger partial charge < -0.3 is 28.4 Å². The third-order valence-corrected chi connectivity index (χ3v) is 6.54. The van der Waals surface area contributed by atoms with Gasteiger partial charge in [0.15, 0.2) is 0 Å². The summed E-state index contributed by atoms with van der Waals surface area (Å²) in [6.45, 7) is 26.9. The van der Waals surface area contributed by atoms with Crippen molar-refractivity contribution in [3.05, 3.63) is 122 Å². The zero-order valence-corrected chi connectivity index (χ0v) is 28.9. The van der Waals surface area contributed by atoms with Gasteiger partial charge >= 0.3 is 35.8 Å². The molecule has 0 aliphatic rings. The van der Waals surface area contributed by atoms with Gasteiger partial charge in [0.2, 0.25) is 0 Å². The molecular weight excluding hydrogens is 672 g/mol. The van der Waals surface area contributed by atoms with E-state index in [2.05, 4.69) is 39.5 Å². The second kappa shape index (κ2) is 17.0.